The summed E-state index contributed by atoms with van der Waals surface area (Å²) in [5, 5.41) is 3.14. The first-order valence-electron chi connectivity index (χ1n) is 9.57. The lowest BCUT2D eigenvalue weighted by Gasteiger charge is -2.33. The Hall–Kier alpha value is -3.12. The summed E-state index contributed by atoms with van der Waals surface area (Å²) in [7, 11) is 0. The lowest BCUT2D eigenvalue weighted by atomic mass is 10.0. The standard InChI is InChI=1S/C22H23N5O/c28-22(19-13-24-21(25-14-19)18-8-10-23-11-9-18)26-20-7-4-12-27(16-20)15-17-5-2-1-3-6-17/h1-3,5-6,8-11,13-14,20H,4,7,12,15-16H2,(H,26,28)/t20-/m0/s1. The van der Waals surface area contributed by atoms with Crippen molar-refractivity contribution in [3.63, 3.8) is 0 Å². The molecule has 142 valence electrons. The Balaban J connectivity index is 1.35. The highest BCUT2D eigenvalue weighted by Crippen LogP contribution is 2.15. The number of carbonyl (C=O) groups excluding carboxylic acids is 1. The van der Waals surface area contributed by atoms with Crippen LogP contribution in [-0.4, -0.2) is 44.9 Å². The van der Waals surface area contributed by atoms with Crippen LogP contribution in [0.3, 0.4) is 0 Å². The van der Waals surface area contributed by atoms with E-state index in [2.05, 4.69) is 49.4 Å². The van der Waals surface area contributed by atoms with Gasteiger partial charge in [0.15, 0.2) is 5.82 Å². The molecule has 0 saturated carbocycles. The Bertz CT molecular complexity index is 899. The van der Waals surface area contributed by atoms with Gasteiger partial charge in [0.1, 0.15) is 0 Å². The van der Waals surface area contributed by atoms with E-state index in [0.717, 1.165) is 38.0 Å². The molecule has 6 nitrogen and oxygen atoms in total. The van der Waals surface area contributed by atoms with E-state index in [9.17, 15) is 4.79 Å². The van der Waals surface area contributed by atoms with Crippen molar-refractivity contribution in [3.8, 4) is 11.4 Å². The van der Waals surface area contributed by atoms with Crippen LogP contribution in [0.2, 0.25) is 0 Å². The summed E-state index contributed by atoms with van der Waals surface area (Å²) in [4.78, 5) is 27.6. The summed E-state index contributed by atoms with van der Waals surface area (Å²) in [6, 6.07) is 14.3. The first-order chi connectivity index (χ1) is 13.8. The van der Waals surface area contributed by atoms with Crippen LogP contribution in [0.5, 0.6) is 0 Å². The maximum atomic E-state index is 12.6. The molecule has 0 aliphatic carbocycles. The second-order valence-corrected chi connectivity index (χ2v) is 7.06. The van der Waals surface area contributed by atoms with Gasteiger partial charge < -0.3 is 5.32 Å². The Morgan fingerprint density at radius 3 is 2.57 bits per heavy atom. The predicted molar refractivity (Wildman–Crippen MR) is 107 cm³/mol. The minimum absolute atomic E-state index is 0.118. The molecule has 1 aliphatic rings. The van der Waals surface area contributed by atoms with Crippen LogP contribution in [0.25, 0.3) is 11.4 Å². The van der Waals surface area contributed by atoms with Gasteiger partial charge >= 0.3 is 0 Å². The fourth-order valence-corrected chi connectivity index (χ4v) is 3.52. The summed E-state index contributed by atoms with van der Waals surface area (Å²) in [5.41, 5.74) is 2.67. The Morgan fingerprint density at radius 2 is 1.82 bits per heavy atom. The molecule has 6 heteroatoms. The molecule has 3 aromatic rings. The number of piperidine rings is 1. The number of carbonyl (C=O) groups is 1. The first-order valence-corrected chi connectivity index (χ1v) is 9.57. The minimum Gasteiger partial charge on any atom is -0.348 e. The topological polar surface area (TPSA) is 71.0 Å². The van der Waals surface area contributed by atoms with Gasteiger partial charge in [-0.05, 0) is 37.1 Å². The van der Waals surface area contributed by atoms with Gasteiger partial charge in [-0.15, -0.1) is 0 Å². The lowest BCUT2D eigenvalue weighted by Crippen LogP contribution is -2.47. The average Bonchev–Trinajstić information content (AvgIpc) is 2.75. The Kier molecular flexibility index (Phi) is 5.68. The van der Waals surface area contributed by atoms with Crippen molar-refractivity contribution in [1.29, 1.82) is 0 Å². The quantitative estimate of drug-likeness (QED) is 0.745. The van der Waals surface area contributed by atoms with Gasteiger partial charge in [0.25, 0.3) is 5.91 Å². The minimum atomic E-state index is -0.118. The third kappa shape index (κ3) is 4.58. The normalized spacial score (nSPS) is 17.2. The van der Waals surface area contributed by atoms with Crippen molar-refractivity contribution in [2.75, 3.05) is 13.1 Å². The summed E-state index contributed by atoms with van der Waals surface area (Å²) in [5.74, 6) is 0.471. The number of amides is 1. The molecule has 1 atom stereocenters. The molecule has 1 aromatic carbocycles. The third-order valence-corrected chi connectivity index (χ3v) is 4.94. The third-order valence-electron chi connectivity index (χ3n) is 4.94. The maximum absolute atomic E-state index is 12.6. The van der Waals surface area contributed by atoms with E-state index in [0.29, 0.717) is 11.4 Å². The van der Waals surface area contributed by atoms with E-state index in [4.69, 9.17) is 0 Å². The molecule has 2 aromatic heterocycles. The van der Waals surface area contributed by atoms with Crippen LogP contribution in [0, 0.1) is 0 Å². The Labute approximate surface area is 164 Å². The summed E-state index contributed by atoms with van der Waals surface area (Å²) >= 11 is 0. The van der Waals surface area contributed by atoms with Crippen LogP contribution in [0.15, 0.2) is 67.3 Å². The van der Waals surface area contributed by atoms with E-state index in [1.807, 2.05) is 18.2 Å². The number of hydrogen-bond donors (Lipinski definition) is 1. The van der Waals surface area contributed by atoms with E-state index in [1.54, 1.807) is 24.8 Å². The monoisotopic (exact) mass is 373 g/mol. The van der Waals surface area contributed by atoms with E-state index >= 15 is 0 Å². The SMILES string of the molecule is O=C(N[C@H]1CCCN(Cc2ccccc2)C1)c1cnc(-c2ccncc2)nc1. The summed E-state index contributed by atoms with van der Waals surface area (Å²) in [6.45, 7) is 2.83. The zero-order valence-electron chi connectivity index (χ0n) is 15.7. The Morgan fingerprint density at radius 1 is 1.07 bits per heavy atom. The van der Waals surface area contributed by atoms with Crippen molar-refractivity contribution < 1.29 is 4.79 Å². The van der Waals surface area contributed by atoms with Gasteiger partial charge in [0.2, 0.25) is 0 Å². The van der Waals surface area contributed by atoms with Crippen LogP contribution in [-0.2, 0) is 6.54 Å². The molecule has 0 spiro atoms. The number of hydrogen-bond acceptors (Lipinski definition) is 5. The molecule has 0 unspecified atom stereocenters. The van der Waals surface area contributed by atoms with Gasteiger partial charge in [0.05, 0.1) is 5.56 Å². The highest BCUT2D eigenvalue weighted by atomic mass is 16.1. The number of rotatable bonds is 5. The number of nitrogens with zero attached hydrogens (tertiary/aromatic N) is 4. The molecule has 28 heavy (non-hydrogen) atoms. The van der Waals surface area contributed by atoms with Crippen molar-refractivity contribution in [2.24, 2.45) is 0 Å². The number of benzene rings is 1. The van der Waals surface area contributed by atoms with Gasteiger partial charge in [-0.3, -0.25) is 14.7 Å². The summed E-state index contributed by atoms with van der Waals surface area (Å²) < 4.78 is 0. The molecule has 1 N–H and O–H groups in total. The largest absolute Gasteiger partial charge is 0.348 e. The molecule has 1 amide bonds. The average molecular weight is 373 g/mol. The highest BCUT2D eigenvalue weighted by Gasteiger charge is 2.22. The second-order valence-electron chi connectivity index (χ2n) is 7.06. The van der Waals surface area contributed by atoms with Crippen LogP contribution in [0.4, 0.5) is 0 Å². The molecule has 4 rings (SSSR count). The molecule has 1 fully saturated rings. The fraction of sp³-hybridized carbons (Fsp3) is 0.273. The molecular weight excluding hydrogens is 350 g/mol. The first kappa shape index (κ1) is 18.3. The zero-order chi connectivity index (χ0) is 19.2. The van der Waals surface area contributed by atoms with Gasteiger partial charge in [-0.1, -0.05) is 30.3 Å². The molecule has 1 saturated heterocycles. The predicted octanol–water partition coefficient (Wildman–Crippen LogP) is 2.93. The lowest BCUT2D eigenvalue weighted by molar-refractivity contribution is 0.0900. The summed E-state index contributed by atoms with van der Waals surface area (Å²) in [6.07, 6.45) is 8.64. The van der Waals surface area contributed by atoms with Crippen LogP contribution in [0.1, 0.15) is 28.8 Å². The molecular formula is C22H23N5O. The zero-order valence-corrected chi connectivity index (χ0v) is 15.7. The van der Waals surface area contributed by atoms with Crippen LogP contribution < -0.4 is 5.32 Å². The van der Waals surface area contributed by atoms with E-state index < -0.39 is 0 Å². The van der Waals surface area contributed by atoms with E-state index in [1.165, 1.54) is 5.56 Å². The van der Waals surface area contributed by atoms with Crippen LogP contribution >= 0.6 is 0 Å². The number of pyridine rings is 1. The van der Waals surface area contributed by atoms with Crippen molar-refractivity contribution in [3.05, 3.63) is 78.4 Å². The van der Waals surface area contributed by atoms with Crippen molar-refractivity contribution in [2.45, 2.75) is 25.4 Å². The number of likely N-dealkylation sites (tertiary alicyclic amines) is 1. The number of nitrogens with one attached hydrogen (secondary N) is 1. The van der Waals surface area contributed by atoms with Crippen molar-refractivity contribution >= 4 is 5.91 Å². The molecule has 3 heterocycles. The molecule has 0 radical (unpaired) electrons. The van der Waals surface area contributed by atoms with E-state index in [-0.39, 0.29) is 11.9 Å². The smallest absolute Gasteiger partial charge is 0.254 e. The van der Waals surface area contributed by atoms with Gasteiger partial charge in [-0.2, -0.15) is 0 Å². The second kappa shape index (κ2) is 8.71. The number of aromatic nitrogens is 3. The van der Waals surface area contributed by atoms with Gasteiger partial charge in [-0.25, -0.2) is 9.97 Å². The van der Waals surface area contributed by atoms with Gasteiger partial charge in [0, 0.05) is 49.5 Å². The highest BCUT2D eigenvalue weighted by molar-refractivity contribution is 5.93. The molecule has 1 aliphatic heterocycles. The maximum Gasteiger partial charge on any atom is 0.254 e. The fourth-order valence-electron chi connectivity index (χ4n) is 3.52. The van der Waals surface area contributed by atoms with Crippen molar-refractivity contribution in [1.82, 2.24) is 25.2 Å². The molecule has 0 bridgehead atoms.